The molecule has 0 spiro atoms. The molecule has 28 heavy (non-hydrogen) atoms. The zero-order valence-corrected chi connectivity index (χ0v) is 16.5. The Labute approximate surface area is 166 Å². The molecule has 0 aromatic carbocycles. The highest BCUT2D eigenvalue weighted by molar-refractivity contribution is 7.99. The average molecular weight is 403 g/mol. The molecule has 1 atom stereocenters. The molecule has 2 aromatic rings. The van der Waals surface area contributed by atoms with Gasteiger partial charge in [0.25, 0.3) is 5.91 Å². The van der Waals surface area contributed by atoms with Crippen LogP contribution < -0.4 is 5.32 Å². The number of furan rings is 1. The Bertz CT molecular complexity index is 884. The number of hydrogen-bond donors (Lipinski definition) is 1. The molecule has 1 aliphatic carbocycles. The van der Waals surface area contributed by atoms with Gasteiger partial charge in [-0.25, -0.2) is 0 Å². The van der Waals surface area contributed by atoms with Crippen molar-refractivity contribution in [2.24, 2.45) is 5.92 Å². The van der Waals surface area contributed by atoms with E-state index in [1.54, 1.807) is 25.3 Å². The van der Waals surface area contributed by atoms with Crippen molar-refractivity contribution in [1.29, 1.82) is 5.26 Å². The highest BCUT2D eigenvalue weighted by Crippen LogP contribution is 2.39. The van der Waals surface area contributed by atoms with E-state index in [0.717, 1.165) is 12.8 Å². The summed E-state index contributed by atoms with van der Waals surface area (Å²) < 4.78 is 12.2. The van der Waals surface area contributed by atoms with E-state index < -0.39 is 24.0 Å². The summed E-state index contributed by atoms with van der Waals surface area (Å²) in [6.07, 6.45) is 3.39. The fourth-order valence-corrected chi connectivity index (χ4v) is 3.59. The lowest BCUT2D eigenvalue weighted by Gasteiger charge is -2.22. The summed E-state index contributed by atoms with van der Waals surface area (Å²) in [4.78, 5) is 24.0. The average Bonchev–Trinajstić information content (AvgIpc) is 3.26. The predicted molar refractivity (Wildman–Crippen MR) is 100.0 cm³/mol. The Hall–Kier alpha value is -2.80. The molecule has 0 radical (unpaired) electrons. The van der Waals surface area contributed by atoms with Gasteiger partial charge in [0.1, 0.15) is 5.54 Å². The first kappa shape index (κ1) is 19.9. The number of carbonyl (C=O) groups is 2. The second-order valence-electron chi connectivity index (χ2n) is 6.61. The normalized spacial score (nSPS) is 15.5. The van der Waals surface area contributed by atoms with Gasteiger partial charge in [-0.3, -0.25) is 14.2 Å². The fraction of sp³-hybridized carbons (Fsp3) is 0.500. The van der Waals surface area contributed by atoms with Crippen LogP contribution in [0.5, 0.6) is 0 Å². The number of nitrogens with zero attached hydrogens (tertiary/aromatic N) is 4. The van der Waals surface area contributed by atoms with E-state index in [4.69, 9.17) is 9.15 Å². The lowest BCUT2D eigenvalue weighted by atomic mass is 9.98. The minimum atomic E-state index is -0.905. The minimum absolute atomic E-state index is 0.0122. The van der Waals surface area contributed by atoms with Gasteiger partial charge in [0.15, 0.2) is 23.3 Å². The molecular formula is C18H21N5O4S. The Morgan fingerprint density at radius 2 is 2.29 bits per heavy atom. The van der Waals surface area contributed by atoms with E-state index in [2.05, 4.69) is 21.6 Å². The quantitative estimate of drug-likeness (QED) is 0.498. The molecule has 0 bridgehead atoms. The van der Waals surface area contributed by atoms with E-state index in [1.807, 2.05) is 11.5 Å². The van der Waals surface area contributed by atoms with E-state index in [9.17, 15) is 14.9 Å². The summed E-state index contributed by atoms with van der Waals surface area (Å²) in [5, 5.41) is 20.7. The van der Waals surface area contributed by atoms with E-state index in [-0.39, 0.29) is 11.7 Å². The Morgan fingerprint density at radius 1 is 1.50 bits per heavy atom. The third kappa shape index (κ3) is 4.54. The summed E-state index contributed by atoms with van der Waals surface area (Å²) in [6, 6.07) is 5.68. The van der Waals surface area contributed by atoms with E-state index in [1.165, 1.54) is 11.8 Å². The molecule has 1 fully saturated rings. The number of hydrogen-bond acceptors (Lipinski definition) is 8. The van der Waals surface area contributed by atoms with Crippen molar-refractivity contribution in [3.8, 4) is 17.7 Å². The maximum absolute atomic E-state index is 12.0. The molecule has 2 aromatic heterocycles. The van der Waals surface area contributed by atoms with Crippen molar-refractivity contribution in [1.82, 2.24) is 20.1 Å². The summed E-state index contributed by atoms with van der Waals surface area (Å²) in [7, 11) is 0. The number of esters is 1. The molecule has 1 saturated carbocycles. The standard InChI is InChI=1S/C18H21N5O4S/c1-3-23-16(13-5-4-8-26-13)21-22-17(23)28-10-15(25)27-9-14(24)20-18(2,11-19)12-6-7-12/h4-5,8,12H,3,6-7,9-10H2,1-2H3,(H,20,24)/t18-/m1/s1. The Morgan fingerprint density at radius 3 is 2.89 bits per heavy atom. The lowest BCUT2D eigenvalue weighted by molar-refractivity contribution is -0.146. The maximum atomic E-state index is 12.0. The summed E-state index contributed by atoms with van der Waals surface area (Å²) in [5.41, 5.74) is -0.905. The largest absolute Gasteiger partial charge is 0.461 e. The number of amides is 1. The number of thioether (sulfide) groups is 1. The first-order chi connectivity index (χ1) is 13.5. The van der Waals surface area contributed by atoms with Crippen molar-refractivity contribution in [3.05, 3.63) is 18.4 Å². The SMILES string of the molecule is CCn1c(SCC(=O)OCC(=O)N[C@](C)(C#N)C2CC2)nnc1-c1ccco1. The molecule has 1 aliphatic rings. The third-order valence-corrected chi connectivity index (χ3v) is 5.42. The molecule has 9 nitrogen and oxygen atoms in total. The molecular weight excluding hydrogens is 382 g/mol. The smallest absolute Gasteiger partial charge is 0.316 e. The van der Waals surface area contributed by atoms with Crippen LogP contribution in [-0.2, 0) is 20.9 Å². The van der Waals surface area contributed by atoms with Crippen LogP contribution in [0.15, 0.2) is 28.0 Å². The van der Waals surface area contributed by atoms with Crippen LogP contribution in [0.2, 0.25) is 0 Å². The minimum Gasteiger partial charge on any atom is -0.461 e. The summed E-state index contributed by atoms with van der Waals surface area (Å²) in [5.74, 6) is 0.301. The number of aromatic nitrogens is 3. The van der Waals surface area contributed by atoms with Crippen LogP contribution in [0.3, 0.4) is 0 Å². The van der Waals surface area contributed by atoms with Crippen molar-refractivity contribution in [2.45, 2.75) is 43.9 Å². The number of nitriles is 1. The van der Waals surface area contributed by atoms with E-state index >= 15 is 0 Å². The molecule has 3 rings (SSSR count). The highest BCUT2D eigenvalue weighted by atomic mass is 32.2. The van der Waals surface area contributed by atoms with E-state index in [0.29, 0.717) is 23.3 Å². The van der Waals surface area contributed by atoms with Gasteiger partial charge in [-0.1, -0.05) is 11.8 Å². The van der Waals surface area contributed by atoms with Gasteiger partial charge in [0.2, 0.25) is 0 Å². The monoisotopic (exact) mass is 403 g/mol. The third-order valence-electron chi connectivity index (χ3n) is 4.48. The predicted octanol–water partition coefficient (Wildman–Crippen LogP) is 2.00. The molecule has 1 N–H and O–H groups in total. The van der Waals surface area contributed by atoms with Crippen molar-refractivity contribution in [2.75, 3.05) is 12.4 Å². The zero-order valence-electron chi connectivity index (χ0n) is 15.7. The second-order valence-corrected chi connectivity index (χ2v) is 7.56. The van der Waals surface area contributed by atoms with Gasteiger partial charge in [0, 0.05) is 6.54 Å². The van der Waals surface area contributed by atoms with Gasteiger partial charge in [-0.05, 0) is 44.7 Å². The molecule has 148 valence electrons. The van der Waals surface area contributed by atoms with Gasteiger partial charge < -0.3 is 14.5 Å². The Kier molecular flexibility index (Phi) is 6.04. The Balaban J connectivity index is 1.48. The van der Waals surface area contributed by atoms with Crippen molar-refractivity contribution >= 4 is 23.6 Å². The first-order valence-corrected chi connectivity index (χ1v) is 9.93. The number of ether oxygens (including phenoxy) is 1. The van der Waals surface area contributed by atoms with Gasteiger partial charge >= 0.3 is 5.97 Å². The fourth-order valence-electron chi connectivity index (χ4n) is 2.79. The van der Waals surface area contributed by atoms with Crippen LogP contribution in [0.25, 0.3) is 11.6 Å². The van der Waals surface area contributed by atoms with Gasteiger partial charge in [-0.15, -0.1) is 10.2 Å². The van der Waals surface area contributed by atoms with Crippen LogP contribution in [0.4, 0.5) is 0 Å². The molecule has 1 amide bonds. The second kappa shape index (κ2) is 8.48. The molecule has 0 saturated heterocycles. The number of carbonyl (C=O) groups excluding carboxylic acids is 2. The van der Waals surface area contributed by atoms with Crippen LogP contribution in [0, 0.1) is 17.2 Å². The molecule has 0 aliphatic heterocycles. The molecule has 10 heteroatoms. The molecule has 0 unspecified atom stereocenters. The maximum Gasteiger partial charge on any atom is 0.316 e. The van der Waals surface area contributed by atoms with Crippen molar-refractivity contribution < 1.29 is 18.7 Å². The molecule has 2 heterocycles. The number of rotatable bonds is 9. The van der Waals surface area contributed by atoms with Gasteiger partial charge in [0.05, 0.1) is 18.1 Å². The zero-order chi connectivity index (χ0) is 20.1. The van der Waals surface area contributed by atoms with Gasteiger partial charge in [-0.2, -0.15) is 5.26 Å². The van der Waals surface area contributed by atoms with Crippen molar-refractivity contribution in [3.63, 3.8) is 0 Å². The summed E-state index contributed by atoms with van der Waals surface area (Å²) in [6.45, 7) is 3.82. The van der Waals surface area contributed by atoms with Crippen LogP contribution in [-0.4, -0.2) is 44.5 Å². The number of nitrogens with one attached hydrogen (secondary N) is 1. The summed E-state index contributed by atoms with van der Waals surface area (Å²) >= 11 is 1.17. The van der Waals surface area contributed by atoms with Crippen LogP contribution >= 0.6 is 11.8 Å². The topological polar surface area (TPSA) is 123 Å². The van der Waals surface area contributed by atoms with Crippen LogP contribution in [0.1, 0.15) is 26.7 Å². The highest BCUT2D eigenvalue weighted by Gasteiger charge is 2.43. The first-order valence-electron chi connectivity index (χ1n) is 8.94. The lowest BCUT2D eigenvalue weighted by Crippen LogP contribution is -2.48.